The fourth-order valence-electron chi connectivity index (χ4n) is 0.593. The van der Waals surface area contributed by atoms with E-state index in [0.717, 1.165) is 0 Å². The van der Waals surface area contributed by atoms with Crippen LogP contribution in [0.1, 0.15) is 6.42 Å². The molecule has 0 aromatic heterocycles. The fourth-order valence-corrected chi connectivity index (χ4v) is 2.68. The number of hydrogen-bond donors (Lipinski definition) is 1. The molecule has 1 nitrogen and oxygen atoms in total. The van der Waals surface area contributed by atoms with Crippen LogP contribution in [0.25, 0.3) is 0 Å². The van der Waals surface area contributed by atoms with Crippen molar-refractivity contribution in [3.05, 3.63) is 0 Å². The van der Waals surface area contributed by atoms with Gasteiger partial charge in [-0.1, -0.05) is 0 Å². The predicted molar refractivity (Wildman–Crippen MR) is 28.9 cm³/mol. The summed E-state index contributed by atoms with van der Waals surface area (Å²) in [7, 11) is 3.37. The molecule has 4 radical (unpaired) electrons. The normalized spacial score (nSPS) is 25.5. The average molecular weight is 113 g/mol. The second-order valence-electron chi connectivity index (χ2n) is 1.51. The van der Waals surface area contributed by atoms with Crippen molar-refractivity contribution in [1.82, 2.24) is 4.98 Å². The number of rotatable bonds is 0. The minimum absolute atomic E-state index is 0.202. The van der Waals surface area contributed by atoms with Crippen LogP contribution in [0.3, 0.4) is 0 Å². The molecule has 32 valence electrons. The third kappa shape index (κ3) is 0.926. The largest absolute Gasteiger partial charge is 0.341 e. The zero-order valence-corrected chi connectivity index (χ0v) is 5.62. The highest BCUT2D eigenvalue weighted by molar-refractivity contribution is 7.02. The molecule has 0 aromatic carbocycles. The molecule has 1 saturated heterocycles. The van der Waals surface area contributed by atoms with Crippen LogP contribution in [0, 0.1) is 0 Å². The lowest BCUT2D eigenvalue weighted by atomic mass is 10.5. The summed E-state index contributed by atoms with van der Waals surface area (Å²) in [4.78, 5) is 3.33. The molecule has 1 rings (SSSR count). The number of hydrogen-bond acceptors (Lipinski definition) is 1. The average Bonchev–Trinajstić information content (AvgIpc) is 1.86. The Kier molecular flexibility index (Phi) is 1.44. The van der Waals surface area contributed by atoms with Crippen LogP contribution in [-0.4, -0.2) is 24.8 Å². The smallest absolute Gasteiger partial charge is 0.111 e. The van der Waals surface area contributed by atoms with Gasteiger partial charge in [0.25, 0.3) is 0 Å². The molecule has 6 heavy (non-hydrogen) atoms. The van der Waals surface area contributed by atoms with E-state index >= 15 is 0 Å². The van der Waals surface area contributed by atoms with Crippen molar-refractivity contribution in [2.24, 2.45) is 0 Å². The molecule has 0 saturated carbocycles. The summed E-state index contributed by atoms with van der Waals surface area (Å²) in [6, 6.07) is 1.39. The molecule has 0 bridgehead atoms. The molecule has 1 aliphatic heterocycles. The van der Waals surface area contributed by atoms with Crippen molar-refractivity contribution in [2.75, 3.05) is 6.54 Å². The molecule has 3 heteroatoms. The van der Waals surface area contributed by atoms with Crippen molar-refractivity contribution in [1.29, 1.82) is 0 Å². The lowest BCUT2D eigenvalue weighted by Crippen LogP contribution is -2.26. The number of nitrogens with one attached hydrogen (secondary N) is 1. The van der Waals surface area contributed by atoms with Crippen molar-refractivity contribution in [3.8, 4) is 0 Å². The quantitative estimate of drug-likeness (QED) is 0.423. The summed E-state index contributed by atoms with van der Waals surface area (Å²) < 4.78 is 0. The molecule has 0 unspecified atom stereocenters. The molecule has 0 atom stereocenters. The molecular weight excluding hydrogens is 106 g/mol. The van der Waals surface area contributed by atoms with Gasteiger partial charge in [0.05, 0.1) is 0 Å². The Morgan fingerprint density at radius 1 is 1.67 bits per heavy atom. The van der Waals surface area contributed by atoms with Gasteiger partial charge >= 0.3 is 0 Å². The standard InChI is InChI=1S/C3H7NSi2/c5-6-3-1-2-4-6/h4H,1-3H2. The van der Waals surface area contributed by atoms with Crippen LogP contribution in [0.4, 0.5) is 0 Å². The Hall–Kier alpha value is 0.394. The maximum absolute atomic E-state index is 3.57. The van der Waals surface area contributed by atoms with Crippen molar-refractivity contribution in [2.45, 2.75) is 12.5 Å². The van der Waals surface area contributed by atoms with E-state index in [1.807, 2.05) is 0 Å². The first-order valence-electron chi connectivity index (χ1n) is 2.21. The van der Waals surface area contributed by atoms with Crippen LogP contribution in [-0.2, 0) is 0 Å². The highest BCUT2D eigenvalue weighted by Gasteiger charge is 2.08. The van der Waals surface area contributed by atoms with Gasteiger partial charge < -0.3 is 4.98 Å². The van der Waals surface area contributed by atoms with Gasteiger partial charge in [0, 0.05) is 9.76 Å². The predicted octanol–water partition coefficient (Wildman–Crippen LogP) is -0.364. The Balaban J connectivity index is 2.18. The molecular formula is C3H7NSi2. The molecule has 0 aromatic rings. The van der Waals surface area contributed by atoms with E-state index in [1.54, 1.807) is 0 Å². The van der Waals surface area contributed by atoms with Gasteiger partial charge in [0.1, 0.15) is 8.48 Å². The summed E-state index contributed by atoms with van der Waals surface area (Å²) in [6.45, 7) is 1.23. The topological polar surface area (TPSA) is 12.0 Å². The van der Waals surface area contributed by atoms with Crippen molar-refractivity contribution < 1.29 is 0 Å². The Morgan fingerprint density at radius 2 is 2.50 bits per heavy atom. The summed E-state index contributed by atoms with van der Waals surface area (Å²) >= 11 is 0. The molecule has 0 spiro atoms. The summed E-state index contributed by atoms with van der Waals surface area (Å²) in [5.74, 6) is 0. The van der Waals surface area contributed by atoms with Crippen LogP contribution >= 0.6 is 0 Å². The zero-order valence-electron chi connectivity index (χ0n) is 3.62. The molecule has 0 aliphatic carbocycles. The molecule has 1 aliphatic rings. The first-order valence-corrected chi connectivity index (χ1v) is 5.41. The summed E-state index contributed by atoms with van der Waals surface area (Å²) in [6.07, 6.45) is 1.37. The maximum atomic E-state index is 3.57. The van der Waals surface area contributed by atoms with E-state index in [2.05, 4.69) is 14.7 Å². The lowest BCUT2D eigenvalue weighted by molar-refractivity contribution is 0.932. The van der Waals surface area contributed by atoms with Gasteiger partial charge in [-0.15, -0.1) is 0 Å². The molecule has 1 heterocycles. The van der Waals surface area contributed by atoms with Gasteiger partial charge in [0.15, 0.2) is 0 Å². The highest BCUT2D eigenvalue weighted by Crippen LogP contribution is 1.96. The van der Waals surface area contributed by atoms with E-state index in [1.165, 1.54) is 19.0 Å². The van der Waals surface area contributed by atoms with Gasteiger partial charge in [-0.05, 0) is 19.0 Å². The SMILES string of the molecule is [Si][Si]1CCCN1. The second-order valence-corrected chi connectivity index (χ2v) is 5.13. The third-order valence-electron chi connectivity index (χ3n) is 0.942. The Bertz CT molecular complexity index is 42.1. The first-order chi connectivity index (χ1) is 2.89. The van der Waals surface area contributed by atoms with Gasteiger partial charge in [0.2, 0.25) is 0 Å². The van der Waals surface area contributed by atoms with Gasteiger partial charge in [-0.2, -0.15) is 0 Å². The summed E-state index contributed by atoms with van der Waals surface area (Å²) in [5.41, 5.74) is 0. The van der Waals surface area contributed by atoms with E-state index in [4.69, 9.17) is 0 Å². The Morgan fingerprint density at radius 3 is 2.67 bits per heavy atom. The second kappa shape index (κ2) is 1.90. The first kappa shape index (κ1) is 4.55. The monoisotopic (exact) mass is 113 g/mol. The lowest BCUT2D eigenvalue weighted by Gasteiger charge is -1.91. The van der Waals surface area contributed by atoms with Crippen molar-refractivity contribution >= 4 is 18.2 Å². The van der Waals surface area contributed by atoms with E-state index in [-0.39, 0.29) is 8.48 Å². The van der Waals surface area contributed by atoms with Crippen molar-refractivity contribution in [3.63, 3.8) is 0 Å². The van der Waals surface area contributed by atoms with Gasteiger partial charge in [-0.25, -0.2) is 0 Å². The maximum Gasteiger partial charge on any atom is 0.111 e. The summed E-state index contributed by atoms with van der Waals surface area (Å²) in [5, 5.41) is 0. The molecule has 1 N–H and O–H groups in total. The van der Waals surface area contributed by atoms with E-state index in [0.29, 0.717) is 0 Å². The minimum Gasteiger partial charge on any atom is -0.341 e. The van der Waals surface area contributed by atoms with Gasteiger partial charge in [-0.3, -0.25) is 0 Å². The van der Waals surface area contributed by atoms with Crippen LogP contribution in [0.2, 0.25) is 6.04 Å². The van der Waals surface area contributed by atoms with E-state index < -0.39 is 0 Å². The third-order valence-corrected chi connectivity index (χ3v) is 3.75. The highest BCUT2D eigenvalue weighted by atomic mass is 29.2. The van der Waals surface area contributed by atoms with E-state index in [9.17, 15) is 0 Å². The van der Waals surface area contributed by atoms with Crippen LogP contribution in [0.5, 0.6) is 0 Å². The van der Waals surface area contributed by atoms with Crippen LogP contribution < -0.4 is 4.98 Å². The fraction of sp³-hybridized carbons (Fsp3) is 1.00. The molecule has 0 amide bonds. The zero-order chi connectivity index (χ0) is 4.41. The molecule has 1 fully saturated rings. The van der Waals surface area contributed by atoms with Crippen LogP contribution in [0.15, 0.2) is 0 Å². The minimum atomic E-state index is -0.202. The Labute approximate surface area is 43.0 Å².